The third-order valence-electron chi connectivity index (χ3n) is 2.86. The van der Waals surface area contributed by atoms with Crippen LogP contribution in [0.25, 0.3) is 0 Å². The van der Waals surface area contributed by atoms with Crippen LogP contribution in [0.1, 0.15) is 17.3 Å². The van der Waals surface area contributed by atoms with Crippen molar-refractivity contribution in [1.29, 1.82) is 0 Å². The molecule has 0 fully saturated rings. The minimum Gasteiger partial charge on any atom is -0.482 e. The Morgan fingerprint density at radius 1 is 1.29 bits per heavy atom. The van der Waals surface area contributed by atoms with E-state index in [4.69, 9.17) is 19.1 Å². The molecule has 0 bridgehead atoms. The minimum absolute atomic E-state index is 0.0508. The number of nitrogens with one attached hydrogen (secondary N) is 1. The zero-order valence-corrected chi connectivity index (χ0v) is 13.2. The first-order valence-electron chi connectivity index (χ1n) is 7.06. The minimum atomic E-state index is -1.06. The van der Waals surface area contributed by atoms with Gasteiger partial charge in [0.1, 0.15) is 19.0 Å². The van der Waals surface area contributed by atoms with Crippen LogP contribution in [-0.2, 0) is 20.9 Å². The van der Waals surface area contributed by atoms with Crippen LogP contribution in [0, 0.1) is 13.8 Å². The molecule has 1 amide bonds. The lowest BCUT2D eigenvalue weighted by Gasteiger charge is -2.10. The molecule has 2 N–H and O–H groups in total. The van der Waals surface area contributed by atoms with Gasteiger partial charge in [-0.2, -0.15) is 4.98 Å². The monoisotopic (exact) mass is 335 g/mol. The first kappa shape index (κ1) is 17.4. The Morgan fingerprint density at radius 3 is 2.71 bits per heavy atom. The highest BCUT2D eigenvalue weighted by atomic mass is 16.5. The number of amides is 1. The van der Waals surface area contributed by atoms with Crippen LogP contribution in [0.5, 0.6) is 5.75 Å². The zero-order chi connectivity index (χ0) is 17.5. The summed E-state index contributed by atoms with van der Waals surface area (Å²) in [4.78, 5) is 26.3. The molecule has 1 aromatic heterocycles. The lowest BCUT2D eigenvalue weighted by Crippen LogP contribution is -2.19. The number of hydrogen-bond acceptors (Lipinski definition) is 7. The van der Waals surface area contributed by atoms with Crippen molar-refractivity contribution in [2.24, 2.45) is 0 Å². The second-order valence-corrected chi connectivity index (χ2v) is 4.94. The third-order valence-corrected chi connectivity index (χ3v) is 2.86. The van der Waals surface area contributed by atoms with Gasteiger partial charge in [-0.1, -0.05) is 5.16 Å². The normalized spacial score (nSPS) is 10.4. The highest BCUT2D eigenvalue weighted by molar-refractivity contribution is 5.92. The number of carbonyl (C=O) groups excluding carboxylic acids is 1. The van der Waals surface area contributed by atoms with Gasteiger partial charge in [-0.15, -0.1) is 0 Å². The molecule has 24 heavy (non-hydrogen) atoms. The number of anilines is 1. The van der Waals surface area contributed by atoms with Crippen molar-refractivity contribution in [3.8, 4) is 5.75 Å². The van der Waals surface area contributed by atoms with E-state index in [1.807, 2.05) is 0 Å². The average molecular weight is 335 g/mol. The van der Waals surface area contributed by atoms with E-state index in [9.17, 15) is 9.59 Å². The first-order valence-corrected chi connectivity index (χ1v) is 7.06. The van der Waals surface area contributed by atoms with Crippen molar-refractivity contribution in [2.75, 3.05) is 18.5 Å². The predicted molar refractivity (Wildman–Crippen MR) is 81.6 cm³/mol. The largest absolute Gasteiger partial charge is 0.482 e. The standard InChI is InChI=1S/C15H17N3O6/c1-9-5-11(23-8-15(20)21)3-4-12(9)17-13(19)6-22-7-14-16-10(2)18-24-14/h3-5H,6-8H2,1-2H3,(H,17,19)(H,20,21). The molecular weight excluding hydrogens is 318 g/mol. The molecule has 9 nitrogen and oxygen atoms in total. The Balaban J connectivity index is 1.81. The van der Waals surface area contributed by atoms with Gasteiger partial charge in [-0.3, -0.25) is 4.79 Å². The summed E-state index contributed by atoms with van der Waals surface area (Å²) in [7, 11) is 0. The number of hydrogen-bond donors (Lipinski definition) is 2. The summed E-state index contributed by atoms with van der Waals surface area (Å²) in [5.74, 6) is -0.182. The molecule has 2 aromatic rings. The number of carboxylic acids is 1. The molecule has 0 aliphatic heterocycles. The molecule has 9 heteroatoms. The summed E-state index contributed by atoms with van der Waals surface area (Å²) in [5.41, 5.74) is 1.32. The molecule has 128 valence electrons. The van der Waals surface area contributed by atoms with Gasteiger partial charge >= 0.3 is 5.97 Å². The van der Waals surface area contributed by atoms with Crippen molar-refractivity contribution in [3.05, 3.63) is 35.5 Å². The van der Waals surface area contributed by atoms with Crippen LogP contribution < -0.4 is 10.1 Å². The fraction of sp³-hybridized carbons (Fsp3) is 0.333. The molecule has 0 saturated carbocycles. The third kappa shape index (κ3) is 5.36. The van der Waals surface area contributed by atoms with E-state index in [1.54, 1.807) is 32.0 Å². The van der Waals surface area contributed by atoms with Crippen LogP contribution >= 0.6 is 0 Å². The topological polar surface area (TPSA) is 124 Å². The van der Waals surface area contributed by atoms with E-state index in [0.717, 1.165) is 5.56 Å². The van der Waals surface area contributed by atoms with Gasteiger partial charge in [0.15, 0.2) is 12.4 Å². The van der Waals surface area contributed by atoms with Gasteiger partial charge in [0, 0.05) is 5.69 Å². The Labute approximate surface area is 137 Å². The van der Waals surface area contributed by atoms with Gasteiger partial charge in [0.05, 0.1) is 0 Å². The summed E-state index contributed by atoms with van der Waals surface area (Å²) >= 11 is 0. The van der Waals surface area contributed by atoms with Crippen LogP contribution in [0.15, 0.2) is 22.7 Å². The number of nitrogens with zero attached hydrogens (tertiary/aromatic N) is 2. The second kappa shape index (κ2) is 8.06. The molecule has 0 aliphatic rings. The lowest BCUT2D eigenvalue weighted by molar-refractivity contribution is -0.139. The summed E-state index contributed by atoms with van der Waals surface area (Å²) in [5, 5.41) is 14.9. The fourth-order valence-electron chi connectivity index (χ4n) is 1.83. The Kier molecular flexibility index (Phi) is 5.85. The molecular formula is C15H17N3O6. The number of aryl methyl sites for hydroxylation is 2. The number of aromatic nitrogens is 2. The van der Waals surface area contributed by atoms with Crippen LogP contribution in [0.3, 0.4) is 0 Å². The SMILES string of the molecule is Cc1noc(COCC(=O)Nc2ccc(OCC(=O)O)cc2C)n1. The van der Waals surface area contributed by atoms with Crippen LogP contribution in [-0.4, -0.2) is 40.3 Å². The van der Waals surface area contributed by atoms with Crippen molar-refractivity contribution in [3.63, 3.8) is 0 Å². The Hall–Kier alpha value is -2.94. The van der Waals surface area contributed by atoms with Gasteiger partial charge in [0.2, 0.25) is 5.91 Å². The van der Waals surface area contributed by atoms with Gasteiger partial charge < -0.3 is 24.4 Å². The van der Waals surface area contributed by atoms with Crippen LogP contribution in [0.4, 0.5) is 5.69 Å². The lowest BCUT2D eigenvalue weighted by atomic mass is 10.2. The maximum atomic E-state index is 11.8. The number of rotatable bonds is 8. The number of aliphatic carboxylic acids is 1. The van der Waals surface area contributed by atoms with Gasteiger partial charge in [-0.25, -0.2) is 4.79 Å². The highest BCUT2D eigenvalue weighted by Gasteiger charge is 2.09. The van der Waals surface area contributed by atoms with E-state index < -0.39 is 12.6 Å². The second-order valence-electron chi connectivity index (χ2n) is 4.94. The molecule has 0 saturated heterocycles. The van der Waals surface area contributed by atoms with Crippen LogP contribution in [0.2, 0.25) is 0 Å². The highest BCUT2D eigenvalue weighted by Crippen LogP contribution is 2.21. The molecule has 1 heterocycles. The number of ether oxygens (including phenoxy) is 2. The summed E-state index contributed by atoms with van der Waals surface area (Å²) in [6.07, 6.45) is 0. The van der Waals surface area contributed by atoms with E-state index in [1.165, 1.54) is 0 Å². The molecule has 0 atom stereocenters. The molecule has 0 unspecified atom stereocenters. The zero-order valence-electron chi connectivity index (χ0n) is 13.2. The van der Waals surface area contributed by atoms with E-state index in [2.05, 4.69) is 15.5 Å². The van der Waals surface area contributed by atoms with E-state index >= 15 is 0 Å². The quantitative estimate of drug-likeness (QED) is 0.740. The van der Waals surface area contributed by atoms with Crippen molar-refractivity contribution >= 4 is 17.6 Å². The molecule has 0 radical (unpaired) electrons. The molecule has 2 rings (SSSR count). The van der Waals surface area contributed by atoms with E-state index in [0.29, 0.717) is 23.2 Å². The first-order chi connectivity index (χ1) is 11.4. The molecule has 0 aliphatic carbocycles. The smallest absolute Gasteiger partial charge is 0.341 e. The number of benzene rings is 1. The van der Waals surface area contributed by atoms with Gasteiger partial charge in [-0.05, 0) is 37.6 Å². The van der Waals surface area contributed by atoms with Crippen molar-refractivity contribution in [2.45, 2.75) is 20.5 Å². The molecule has 1 aromatic carbocycles. The van der Waals surface area contributed by atoms with Crippen molar-refractivity contribution in [1.82, 2.24) is 10.1 Å². The van der Waals surface area contributed by atoms with E-state index in [-0.39, 0.29) is 19.1 Å². The summed E-state index contributed by atoms with van der Waals surface area (Å²) in [6.45, 7) is 2.92. The average Bonchev–Trinajstić information content (AvgIpc) is 2.93. The van der Waals surface area contributed by atoms with Crippen molar-refractivity contribution < 1.29 is 28.7 Å². The Morgan fingerprint density at radius 2 is 2.08 bits per heavy atom. The number of carbonyl (C=O) groups is 2. The number of carboxylic acid groups (broad SMARTS) is 1. The predicted octanol–water partition coefficient (Wildman–Crippen LogP) is 1.31. The maximum absolute atomic E-state index is 11.8. The van der Waals surface area contributed by atoms with Gasteiger partial charge in [0.25, 0.3) is 5.89 Å². The summed E-state index contributed by atoms with van der Waals surface area (Å²) < 4.78 is 15.1. The summed E-state index contributed by atoms with van der Waals surface area (Å²) in [6, 6.07) is 4.85. The fourth-order valence-corrected chi connectivity index (χ4v) is 1.83. The maximum Gasteiger partial charge on any atom is 0.341 e. The Bertz CT molecular complexity index is 728. The molecule has 0 spiro atoms.